The highest BCUT2D eigenvalue weighted by molar-refractivity contribution is 5.95. The van der Waals surface area contributed by atoms with Gasteiger partial charge in [-0.2, -0.15) is 4.98 Å². The molecule has 3 aromatic rings. The second-order valence-electron chi connectivity index (χ2n) is 7.29. The maximum absolute atomic E-state index is 13.2. The lowest BCUT2D eigenvalue weighted by Gasteiger charge is -2.34. The van der Waals surface area contributed by atoms with Crippen LogP contribution >= 0.6 is 0 Å². The lowest BCUT2D eigenvalue weighted by molar-refractivity contribution is 0.0746. The third-order valence-corrected chi connectivity index (χ3v) is 5.19. The Labute approximate surface area is 193 Å². The fourth-order valence-corrected chi connectivity index (χ4v) is 3.50. The molecule has 1 fully saturated rings. The van der Waals surface area contributed by atoms with Crippen molar-refractivity contribution in [1.29, 1.82) is 0 Å². The molecular formula is C25H25N5O3. The molecule has 3 heterocycles. The molecule has 0 spiro atoms. The zero-order chi connectivity index (χ0) is 23.0. The van der Waals surface area contributed by atoms with Gasteiger partial charge < -0.3 is 19.3 Å². The average molecular weight is 444 g/mol. The lowest BCUT2D eigenvalue weighted by atomic mass is 10.1. The van der Waals surface area contributed by atoms with Crippen molar-refractivity contribution in [2.75, 3.05) is 44.8 Å². The van der Waals surface area contributed by atoms with Crippen LogP contribution in [0.1, 0.15) is 28.5 Å². The Kier molecular flexibility index (Phi) is 7.00. The Morgan fingerprint density at radius 3 is 2.61 bits per heavy atom. The van der Waals surface area contributed by atoms with Gasteiger partial charge in [0.2, 0.25) is 11.8 Å². The molecular weight excluding hydrogens is 418 g/mol. The van der Waals surface area contributed by atoms with Crippen molar-refractivity contribution in [2.45, 2.75) is 6.92 Å². The molecule has 1 saturated heterocycles. The first-order valence-corrected chi connectivity index (χ1v) is 10.8. The van der Waals surface area contributed by atoms with E-state index in [1.165, 1.54) is 0 Å². The molecule has 0 aliphatic carbocycles. The molecule has 8 heteroatoms. The van der Waals surface area contributed by atoms with Crippen LogP contribution in [0.5, 0.6) is 11.6 Å². The van der Waals surface area contributed by atoms with Gasteiger partial charge in [0.05, 0.1) is 19.3 Å². The summed E-state index contributed by atoms with van der Waals surface area (Å²) >= 11 is 0. The summed E-state index contributed by atoms with van der Waals surface area (Å²) in [7, 11) is 1.58. The monoisotopic (exact) mass is 443 g/mol. The maximum atomic E-state index is 13.2. The number of ether oxygens (including phenoxy) is 2. The quantitative estimate of drug-likeness (QED) is 0.561. The van der Waals surface area contributed by atoms with Gasteiger partial charge in [-0.05, 0) is 43.2 Å². The number of benzene rings is 1. The normalized spacial score (nSPS) is 13.2. The van der Waals surface area contributed by atoms with E-state index >= 15 is 0 Å². The summed E-state index contributed by atoms with van der Waals surface area (Å²) in [6.45, 7) is 4.86. The summed E-state index contributed by atoms with van der Waals surface area (Å²) in [6, 6.07) is 12.7. The smallest absolute Gasteiger partial charge is 0.254 e. The summed E-state index contributed by atoms with van der Waals surface area (Å²) in [5.41, 5.74) is 1.90. The van der Waals surface area contributed by atoms with Crippen molar-refractivity contribution in [3.05, 3.63) is 71.7 Å². The molecule has 33 heavy (non-hydrogen) atoms. The number of anilines is 1. The number of rotatable bonds is 5. The highest BCUT2D eigenvalue weighted by Crippen LogP contribution is 2.22. The minimum Gasteiger partial charge on any atom is -0.493 e. The Hall–Kier alpha value is -4.12. The van der Waals surface area contributed by atoms with Gasteiger partial charge in [-0.15, -0.1) is 0 Å². The van der Waals surface area contributed by atoms with Gasteiger partial charge in [-0.1, -0.05) is 12.0 Å². The molecule has 168 valence electrons. The van der Waals surface area contributed by atoms with Crippen molar-refractivity contribution in [3.63, 3.8) is 0 Å². The average Bonchev–Trinajstić information content (AvgIpc) is 2.88. The second kappa shape index (κ2) is 10.5. The molecule has 1 amide bonds. The fourth-order valence-electron chi connectivity index (χ4n) is 3.50. The largest absolute Gasteiger partial charge is 0.493 e. The van der Waals surface area contributed by atoms with Crippen molar-refractivity contribution in [2.24, 2.45) is 0 Å². The Morgan fingerprint density at radius 1 is 1.03 bits per heavy atom. The van der Waals surface area contributed by atoms with E-state index in [0.717, 1.165) is 0 Å². The van der Waals surface area contributed by atoms with Crippen molar-refractivity contribution in [1.82, 2.24) is 19.9 Å². The molecule has 1 aliphatic rings. The highest BCUT2D eigenvalue weighted by Gasteiger charge is 2.24. The van der Waals surface area contributed by atoms with Crippen molar-refractivity contribution < 1.29 is 14.3 Å². The number of nitrogens with zero attached hydrogens (tertiary/aromatic N) is 5. The number of piperazine rings is 1. The van der Waals surface area contributed by atoms with E-state index < -0.39 is 0 Å². The van der Waals surface area contributed by atoms with E-state index in [9.17, 15) is 4.79 Å². The summed E-state index contributed by atoms with van der Waals surface area (Å²) in [5.74, 6) is 7.89. The number of methoxy groups -OCH3 is 1. The topological polar surface area (TPSA) is 80.7 Å². The van der Waals surface area contributed by atoms with Crippen molar-refractivity contribution in [3.8, 4) is 23.5 Å². The van der Waals surface area contributed by atoms with Crippen LogP contribution in [0.3, 0.4) is 0 Å². The number of carbonyl (C=O) groups is 1. The van der Waals surface area contributed by atoms with Gasteiger partial charge >= 0.3 is 0 Å². The van der Waals surface area contributed by atoms with E-state index in [0.29, 0.717) is 67.2 Å². The van der Waals surface area contributed by atoms with Crippen LogP contribution < -0.4 is 14.4 Å². The summed E-state index contributed by atoms with van der Waals surface area (Å²) < 4.78 is 10.9. The number of aromatic nitrogens is 3. The number of amides is 1. The van der Waals surface area contributed by atoms with Gasteiger partial charge in [0, 0.05) is 50.2 Å². The lowest BCUT2D eigenvalue weighted by Crippen LogP contribution is -2.49. The van der Waals surface area contributed by atoms with Crippen LogP contribution in [0, 0.1) is 11.8 Å². The zero-order valence-corrected chi connectivity index (χ0v) is 18.7. The van der Waals surface area contributed by atoms with Gasteiger partial charge in [0.1, 0.15) is 11.4 Å². The van der Waals surface area contributed by atoms with Crippen LogP contribution in [0.4, 0.5) is 5.95 Å². The predicted octanol–water partition coefficient (Wildman–Crippen LogP) is 2.64. The number of hydrogen-bond donors (Lipinski definition) is 0. The van der Waals surface area contributed by atoms with Crippen molar-refractivity contribution >= 4 is 11.9 Å². The first-order valence-electron chi connectivity index (χ1n) is 10.8. The summed E-state index contributed by atoms with van der Waals surface area (Å²) in [5, 5.41) is 0. The SMILES string of the molecule is CCOc1ccc(C(=O)N2CCN(c3nccc(OC)n3)CC2)cc1C#Cc1ccccn1. The van der Waals surface area contributed by atoms with Crippen LogP contribution in [0.15, 0.2) is 54.9 Å². The van der Waals surface area contributed by atoms with E-state index in [4.69, 9.17) is 9.47 Å². The Bertz CT molecular complexity index is 1170. The third kappa shape index (κ3) is 5.39. The van der Waals surface area contributed by atoms with Crippen LogP contribution in [0.2, 0.25) is 0 Å². The predicted molar refractivity (Wildman–Crippen MR) is 125 cm³/mol. The molecule has 0 N–H and O–H groups in total. The third-order valence-electron chi connectivity index (χ3n) is 5.19. The molecule has 0 atom stereocenters. The number of pyridine rings is 1. The standard InChI is InChI=1S/C25H25N5O3/c1-3-33-22-10-8-20(18-19(22)7-9-21-6-4-5-12-26-21)24(31)29-14-16-30(17-15-29)25-27-13-11-23(28-25)32-2/h4-6,8,10-13,18H,3,14-17H2,1-2H3. The maximum Gasteiger partial charge on any atom is 0.254 e. The molecule has 1 aliphatic heterocycles. The number of hydrogen-bond acceptors (Lipinski definition) is 7. The first-order chi connectivity index (χ1) is 16.2. The van der Waals surface area contributed by atoms with Gasteiger partial charge in [0.25, 0.3) is 5.91 Å². The van der Waals surface area contributed by atoms with Crippen LogP contribution in [-0.2, 0) is 0 Å². The van der Waals surface area contributed by atoms with Gasteiger partial charge in [-0.3, -0.25) is 4.79 Å². The summed E-state index contributed by atoms with van der Waals surface area (Å²) in [4.78, 5) is 30.0. The van der Waals surface area contributed by atoms with Crippen LogP contribution in [0.25, 0.3) is 0 Å². The van der Waals surface area contributed by atoms with Gasteiger partial charge in [0.15, 0.2) is 0 Å². The van der Waals surface area contributed by atoms with Crippen LogP contribution in [-0.4, -0.2) is 65.7 Å². The molecule has 1 aromatic carbocycles. The Balaban J connectivity index is 1.48. The highest BCUT2D eigenvalue weighted by atomic mass is 16.5. The first kappa shape index (κ1) is 22.1. The molecule has 0 radical (unpaired) electrons. The molecule has 0 saturated carbocycles. The molecule has 0 bridgehead atoms. The molecule has 0 unspecified atom stereocenters. The van der Waals surface area contributed by atoms with E-state index in [1.54, 1.807) is 43.8 Å². The van der Waals surface area contributed by atoms with E-state index in [2.05, 4.69) is 26.8 Å². The van der Waals surface area contributed by atoms with Gasteiger partial charge in [-0.25, -0.2) is 9.97 Å². The fraction of sp³-hybridized carbons (Fsp3) is 0.280. The minimum atomic E-state index is -0.0369. The zero-order valence-electron chi connectivity index (χ0n) is 18.7. The van der Waals surface area contributed by atoms with E-state index in [-0.39, 0.29) is 5.91 Å². The number of carbonyl (C=O) groups excluding carboxylic acids is 1. The molecule has 4 rings (SSSR count). The molecule has 2 aromatic heterocycles. The summed E-state index contributed by atoms with van der Waals surface area (Å²) in [6.07, 6.45) is 3.37. The molecule has 8 nitrogen and oxygen atoms in total. The second-order valence-corrected chi connectivity index (χ2v) is 7.29. The Morgan fingerprint density at radius 2 is 1.88 bits per heavy atom. The minimum absolute atomic E-state index is 0.0369. The van der Waals surface area contributed by atoms with E-state index in [1.807, 2.05) is 34.9 Å².